The van der Waals surface area contributed by atoms with Crippen LogP contribution >= 0.6 is 0 Å². The van der Waals surface area contributed by atoms with Crippen molar-refractivity contribution in [2.24, 2.45) is 11.8 Å². The zero-order valence-electron chi connectivity index (χ0n) is 38.0. The highest BCUT2D eigenvalue weighted by atomic mass is 28.4. The molecule has 4 atom stereocenters. The van der Waals surface area contributed by atoms with Gasteiger partial charge in [-0.25, -0.2) is 0 Å². The minimum Gasteiger partial charge on any atom is -0.493 e. The van der Waals surface area contributed by atoms with Crippen molar-refractivity contribution in [2.75, 3.05) is 35.0 Å². The Bertz CT molecular complexity index is 1970. The fourth-order valence-corrected chi connectivity index (χ4v) is 15.2. The molecule has 0 aromatic heterocycles. The van der Waals surface area contributed by atoms with E-state index >= 15 is 0 Å². The number of ether oxygens (including phenoxy) is 5. The summed E-state index contributed by atoms with van der Waals surface area (Å²) in [5, 5.41) is 12.5. The van der Waals surface area contributed by atoms with Crippen molar-refractivity contribution in [1.82, 2.24) is 0 Å². The highest BCUT2D eigenvalue weighted by Crippen LogP contribution is 2.50. The van der Waals surface area contributed by atoms with Gasteiger partial charge in [-0.3, -0.25) is 0 Å². The molecule has 0 radical (unpaired) electrons. The quantitative estimate of drug-likeness (QED) is 0.0399. The number of hydrogen-bond acceptors (Lipinski definition) is 7. The van der Waals surface area contributed by atoms with Gasteiger partial charge in [0.25, 0.3) is 0 Å². The fourth-order valence-electron chi connectivity index (χ4n) is 9.64. The monoisotopic (exact) mass is 844 g/mol. The Hall–Kier alpha value is -4.86. The first kappa shape index (κ1) is 47.2. The van der Waals surface area contributed by atoms with Gasteiger partial charge >= 0.3 is 0 Å². The second-order valence-electron chi connectivity index (χ2n) is 16.9. The molecule has 8 heteroatoms. The zero-order chi connectivity index (χ0) is 44.2. The molecule has 61 heavy (non-hydrogen) atoms. The maximum atomic E-state index is 12.5. The number of hydrogen-bond donors (Lipinski definition) is 1. The first-order chi connectivity index (χ1) is 29.4. The molecule has 0 spiro atoms. The fraction of sp³-hybridized carbons (Fsp3) is 0.396. The van der Waals surface area contributed by atoms with Crippen LogP contribution in [0, 0.1) is 11.8 Å². The van der Waals surface area contributed by atoms with Crippen molar-refractivity contribution in [1.29, 1.82) is 0 Å². The van der Waals surface area contributed by atoms with E-state index in [1.807, 2.05) is 48.5 Å². The maximum absolute atomic E-state index is 12.5. The molecule has 1 N–H and O–H groups in total. The van der Waals surface area contributed by atoms with Gasteiger partial charge in [-0.15, -0.1) is 6.58 Å². The van der Waals surface area contributed by atoms with Crippen LogP contribution in [0.25, 0.3) is 0 Å². The Labute approximate surface area is 366 Å². The van der Waals surface area contributed by atoms with Crippen molar-refractivity contribution in [3.63, 3.8) is 0 Å². The Morgan fingerprint density at radius 3 is 1.36 bits per heavy atom. The molecule has 5 aromatic carbocycles. The predicted molar refractivity (Wildman–Crippen MR) is 250 cm³/mol. The van der Waals surface area contributed by atoms with Crippen molar-refractivity contribution >= 4 is 8.32 Å². The summed E-state index contributed by atoms with van der Waals surface area (Å²) in [6, 6.07) is 43.2. The number of allylic oxidation sites excluding steroid dienone is 1. The van der Waals surface area contributed by atoms with Crippen LogP contribution in [0.2, 0.25) is 16.6 Å². The van der Waals surface area contributed by atoms with Crippen LogP contribution in [0.1, 0.15) is 94.4 Å². The van der Waals surface area contributed by atoms with E-state index in [2.05, 4.69) is 133 Å². The van der Waals surface area contributed by atoms with E-state index in [-0.39, 0.29) is 18.4 Å². The lowest BCUT2D eigenvalue weighted by atomic mass is 9.79. The van der Waals surface area contributed by atoms with Crippen LogP contribution < -0.4 is 18.9 Å². The van der Waals surface area contributed by atoms with E-state index in [1.165, 1.54) is 0 Å². The van der Waals surface area contributed by atoms with Gasteiger partial charge in [0.1, 0.15) is 5.60 Å². The number of aliphatic hydroxyl groups is 1. The van der Waals surface area contributed by atoms with Crippen molar-refractivity contribution in [2.45, 2.75) is 88.8 Å². The highest BCUT2D eigenvalue weighted by molar-refractivity contribution is 6.77. The van der Waals surface area contributed by atoms with Crippen molar-refractivity contribution in [3.8, 4) is 23.0 Å². The summed E-state index contributed by atoms with van der Waals surface area (Å²) in [5.74, 6) is 1.87. The molecular weight excluding hydrogens is 777 g/mol. The first-order valence-electron chi connectivity index (χ1n) is 21.6. The van der Waals surface area contributed by atoms with Gasteiger partial charge in [-0.05, 0) is 87.5 Å². The standard InChI is InChI=1S/C53H68O7Si/c1-12-22-40(51(54)41-29-31-47(55-8)49(34-41)57-10)33-43(52(42-30-32-48(56-9)50(35-42)58-11)60-61(37(2)3,38(4)5)39(6)7)36-59-53(44-23-16-13-17-24-44,45-25-18-14-19-26-45)46-27-20-15-21-28-46/h12-21,23-32,34-35,37-40,43,51-52,54H,1,22,33,36H2,2-11H3/t40-,43-,51?,52+/m0/s1. The average molecular weight is 845 g/mol. The Morgan fingerprint density at radius 2 is 0.967 bits per heavy atom. The molecule has 0 amide bonds. The third-order valence-electron chi connectivity index (χ3n) is 12.5. The zero-order valence-corrected chi connectivity index (χ0v) is 39.0. The summed E-state index contributed by atoms with van der Waals surface area (Å²) in [7, 11) is 3.97. The maximum Gasteiger partial charge on any atom is 0.201 e. The third kappa shape index (κ3) is 10.3. The molecule has 1 unspecified atom stereocenters. The molecule has 0 aliphatic carbocycles. The molecule has 0 heterocycles. The first-order valence-corrected chi connectivity index (χ1v) is 23.8. The number of benzene rings is 5. The van der Waals surface area contributed by atoms with Gasteiger partial charge in [0.05, 0.1) is 47.3 Å². The number of aliphatic hydroxyl groups excluding tert-OH is 1. The number of rotatable bonds is 23. The second kappa shape index (κ2) is 21.8. The molecule has 0 aliphatic rings. The largest absolute Gasteiger partial charge is 0.493 e. The lowest BCUT2D eigenvalue weighted by molar-refractivity contribution is -0.0487. The summed E-state index contributed by atoms with van der Waals surface area (Å²) in [6.07, 6.45) is 1.66. The predicted octanol–water partition coefficient (Wildman–Crippen LogP) is 12.9. The molecule has 0 fully saturated rings. The van der Waals surface area contributed by atoms with E-state index in [9.17, 15) is 5.11 Å². The Morgan fingerprint density at radius 1 is 0.557 bits per heavy atom. The summed E-state index contributed by atoms with van der Waals surface area (Å²) in [4.78, 5) is 0. The molecular formula is C53H68O7Si. The minimum absolute atomic E-state index is 0.275. The van der Waals surface area contributed by atoms with Crippen molar-refractivity contribution < 1.29 is 33.2 Å². The van der Waals surface area contributed by atoms with Gasteiger partial charge < -0.3 is 33.2 Å². The van der Waals surface area contributed by atoms with E-state index in [0.717, 1.165) is 27.8 Å². The highest BCUT2D eigenvalue weighted by Gasteiger charge is 2.49. The molecule has 0 aliphatic heterocycles. The van der Waals surface area contributed by atoms with E-state index < -0.39 is 26.1 Å². The smallest absolute Gasteiger partial charge is 0.201 e. The normalized spacial score (nSPS) is 14.1. The van der Waals surface area contributed by atoms with Crippen molar-refractivity contribution in [3.05, 3.63) is 168 Å². The SMILES string of the molecule is C=CC[C@@H](C[C@@H](COC(c1ccccc1)(c1ccccc1)c1ccccc1)[C@H](O[Si](C(C)C)(C(C)C)C(C)C)c1ccc(OC)c(OC)c1)C(O)c1ccc(OC)c(OC)c1. The summed E-state index contributed by atoms with van der Waals surface area (Å²) < 4.78 is 38.7. The van der Waals surface area contributed by atoms with Gasteiger partial charge in [0, 0.05) is 5.92 Å². The molecule has 0 saturated carbocycles. The van der Waals surface area contributed by atoms with E-state index in [0.29, 0.717) is 52.5 Å². The topological polar surface area (TPSA) is 75.6 Å². The number of methoxy groups -OCH3 is 4. The second-order valence-corrected chi connectivity index (χ2v) is 22.3. The lowest BCUT2D eigenvalue weighted by Crippen LogP contribution is -2.50. The Kier molecular flexibility index (Phi) is 16.8. The van der Waals surface area contributed by atoms with Gasteiger partial charge in [0.2, 0.25) is 8.32 Å². The van der Waals surface area contributed by atoms with Gasteiger partial charge in [0.15, 0.2) is 23.0 Å². The average Bonchev–Trinajstić information content (AvgIpc) is 3.29. The Balaban J connectivity index is 1.78. The summed E-state index contributed by atoms with van der Waals surface area (Å²) in [6.45, 7) is 18.4. The molecule has 5 aromatic rings. The molecule has 0 bridgehead atoms. The minimum atomic E-state index is -2.58. The lowest BCUT2D eigenvalue weighted by Gasteiger charge is -2.47. The van der Waals surface area contributed by atoms with Crippen LogP contribution in [0.15, 0.2) is 140 Å². The molecule has 7 nitrogen and oxygen atoms in total. The van der Waals surface area contributed by atoms with Gasteiger partial charge in [-0.1, -0.05) is 151 Å². The van der Waals surface area contributed by atoms with Crippen LogP contribution in [0.3, 0.4) is 0 Å². The van der Waals surface area contributed by atoms with Crippen LogP contribution in [0.5, 0.6) is 23.0 Å². The van der Waals surface area contributed by atoms with E-state index in [1.54, 1.807) is 28.4 Å². The summed E-state index contributed by atoms with van der Waals surface area (Å²) in [5.41, 5.74) is 4.65. The third-order valence-corrected chi connectivity index (χ3v) is 18.6. The molecule has 5 rings (SSSR count). The molecule has 326 valence electrons. The van der Waals surface area contributed by atoms with Gasteiger partial charge in [-0.2, -0.15) is 0 Å². The van der Waals surface area contributed by atoms with Crippen LogP contribution in [-0.4, -0.2) is 48.5 Å². The molecule has 0 saturated heterocycles. The van der Waals surface area contributed by atoms with Crippen LogP contribution in [-0.2, 0) is 14.8 Å². The van der Waals surface area contributed by atoms with Crippen LogP contribution in [0.4, 0.5) is 0 Å². The van der Waals surface area contributed by atoms with E-state index in [4.69, 9.17) is 28.1 Å². The summed E-state index contributed by atoms with van der Waals surface area (Å²) >= 11 is 0.